The average Bonchev–Trinajstić information content (AvgIpc) is 0.738. The van der Waals surface area contributed by atoms with Gasteiger partial charge in [-0.1, -0.05) is 344 Å². The molecule has 0 fully saturated rings. The Balaban J connectivity index is 0.000000143. The van der Waals surface area contributed by atoms with Crippen LogP contribution in [-0.2, 0) is 0 Å². The van der Waals surface area contributed by atoms with Crippen LogP contribution in [0.4, 0.5) is 45.5 Å². The number of benzene rings is 21. The van der Waals surface area contributed by atoms with Crippen LogP contribution in [0.3, 0.4) is 0 Å². The van der Waals surface area contributed by atoms with Crippen LogP contribution in [0.2, 0.25) is 0 Å². The van der Waals surface area contributed by atoms with Crippen molar-refractivity contribution in [2.24, 2.45) is 0 Å². The van der Waals surface area contributed by atoms with E-state index in [4.69, 9.17) is 0 Å². The van der Waals surface area contributed by atoms with Crippen LogP contribution in [0.5, 0.6) is 0 Å². The molecule has 121 heavy (non-hydrogen) atoms. The summed E-state index contributed by atoms with van der Waals surface area (Å²) in [5, 5.41) is 27.0. The van der Waals surface area contributed by atoms with Gasteiger partial charge in [-0.05, 0) is 276 Å². The van der Waals surface area contributed by atoms with E-state index in [0.29, 0.717) is 23.7 Å². The fourth-order valence-electron chi connectivity index (χ4n) is 20.7. The Morgan fingerprint density at radius 3 is 0.818 bits per heavy atom. The van der Waals surface area contributed by atoms with Crippen LogP contribution >= 0.6 is 31.9 Å². The van der Waals surface area contributed by atoms with Gasteiger partial charge in [0.1, 0.15) is 0 Å². The summed E-state index contributed by atoms with van der Waals surface area (Å²) in [6.45, 7) is 0. The van der Waals surface area contributed by atoms with Gasteiger partial charge < -0.3 is 15.1 Å². The van der Waals surface area contributed by atoms with E-state index < -0.39 is 0 Å². The van der Waals surface area contributed by atoms with Crippen molar-refractivity contribution in [1.29, 1.82) is 0 Å². The molecule has 6 aliphatic carbocycles. The summed E-state index contributed by atoms with van der Waals surface area (Å²) >= 11 is 7.12. The zero-order valence-electron chi connectivity index (χ0n) is 65.4. The third-order valence-corrected chi connectivity index (χ3v) is 27.1. The van der Waals surface area contributed by atoms with E-state index in [-0.39, 0.29) is 14.9 Å². The van der Waals surface area contributed by atoms with Gasteiger partial charge in [0.2, 0.25) is 0 Å². The fourth-order valence-corrected chi connectivity index (χ4v) is 21.2. The van der Waals surface area contributed by atoms with E-state index in [2.05, 4.69) is 441 Å². The number of nitrogens with zero attached hydrogens (tertiary/aromatic N) is 2. The largest absolute Gasteiger partial charge is 0.355 e. The van der Waals surface area contributed by atoms with E-state index >= 15 is 0 Å². The van der Waals surface area contributed by atoms with Crippen molar-refractivity contribution in [3.63, 3.8) is 0 Å². The zero-order chi connectivity index (χ0) is 78.8. The van der Waals surface area contributed by atoms with Gasteiger partial charge in [0, 0.05) is 82.9 Å². The van der Waals surface area contributed by atoms with Gasteiger partial charge in [-0.3, -0.25) is 0 Å². The van der Waals surface area contributed by atoms with E-state index in [9.17, 15) is 0 Å². The smallest absolute Gasteiger partial charge is 0.0540 e. The van der Waals surface area contributed by atoms with E-state index in [0.717, 1.165) is 43.1 Å². The third-order valence-electron chi connectivity index (χ3n) is 26.1. The number of nitrogens with one attached hydrogen (secondary N) is 1. The molecule has 3 nitrogen and oxygen atoms in total. The number of hydrogen-bond acceptors (Lipinski definition) is 3. The fraction of sp³-hybridized carbons (Fsp3) is 0.0862. The molecule has 0 heterocycles. The molecular formula is C116H87Br2N3. The maximum absolute atomic E-state index is 3.56. The van der Waals surface area contributed by atoms with Crippen molar-refractivity contribution in [3.05, 3.63) is 432 Å². The summed E-state index contributed by atoms with van der Waals surface area (Å²) in [5.41, 5.74) is 25.9. The SMILES string of the molecule is Brc1ccc(-c2ccc(-c3ccc(Br)cc3)c3c2C2C=CC3CC2)cc1.C.C.C1=CC2CCC1c1c(-c3ccc(N(c4ccccc4)c4ccc5ccc6cccc7ccc4c5c67)cc3)ccc(-c3ccc(N(c4ccccc4)c4ccc5ccc6cccc7ccc4c5c67)cc3)c12.c1ccc(Nc2ccc3ccc4cccc5ccc2c3c45)cc1. The minimum Gasteiger partial charge on any atom is -0.355 e. The molecule has 0 saturated carbocycles. The highest BCUT2D eigenvalue weighted by atomic mass is 79.9. The number of hydrogen-bond donors (Lipinski definition) is 1. The number of fused-ring (bicyclic) bond motifs is 2. The van der Waals surface area contributed by atoms with Gasteiger partial charge in [0.05, 0.1) is 11.4 Å². The number of halogens is 2. The maximum Gasteiger partial charge on any atom is 0.0540 e. The van der Waals surface area contributed by atoms with Crippen LogP contribution < -0.4 is 15.1 Å². The predicted molar refractivity (Wildman–Crippen MR) is 528 cm³/mol. The molecule has 0 amide bonds. The molecule has 0 saturated heterocycles. The van der Waals surface area contributed by atoms with Crippen molar-refractivity contribution in [2.45, 2.75) is 64.2 Å². The highest BCUT2D eigenvalue weighted by molar-refractivity contribution is 9.10. The highest BCUT2D eigenvalue weighted by Gasteiger charge is 2.36. The van der Waals surface area contributed by atoms with Gasteiger partial charge in [-0.25, -0.2) is 0 Å². The average molecular weight is 1680 g/mol. The Labute approximate surface area is 724 Å². The molecule has 4 unspecified atom stereocenters. The van der Waals surface area contributed by atoms with Crippen molar-refractivity contribution in [3.8, 4) is 44.5 Å². The summed E-state index contributed by atoms with van der Waals surface area (Å²) in [5.74, 6) is 1.89. The number of allylic oxidation sites excluding steroid dienone is 4. The first-order valence-electron chi connectivity index (χ1n) is 41.8. The van der Waals surface area contributed by atoms with Crippen LogP contribution in [0.1, 0.15) is 86.5 Å². The lowest BCUT2D eigenvalue weighted by molar-refractivity contribution is 0.555. The second-order valence-corrected chi connectivity index (χ2v) is 34.4. The Kier molecular flexibility index (Phi) is 19.3. The molecule has 21 aromatic carbocycles. The quantitative estimate of drug-likeness (QED) is 0.0971. The van der Waals surface area contributed by atoms with Crippen molar-refractivity contribution >= 4 is 174 Å². The van der Waals surface area contributed by atoms with Crippen molar-refractivity contribution in [2.75, 3.05) is 15.1 Å². The summed E-state index contributed by atoms with van der Waals surface area (Å²) in [4.78, 5) is 4.87. The molecule has 0 radical (unpaired) electrons. The second kappa shape index (κ2) is 31.1. The van der Waals surface area contributed by atoms with Crippen LogP contribution in [-0.4, -0.2) is 0 Å². The molecule has 27 rings (SSSR count). The third kappa shape index (κ3) is 13.0. The first-order valence-corrected chi connectivity index (χ1v) is 43.4. The Bertz CT molecular complexity index is 7130. The number of anilines is 8. The summed E-state index contributed by atoms with van der Waals surface area (Å²) < 4.78 is 2.26. The molecule has 21 aromatic rings. The number of rotatable bonds is 12. The van der Waals surface area contributed by atoms with Crippen molar-refractivity contribution in [1.82, 2.24) is 0 Å². The van der Waals surface area contributed by atoms with Gasteiger partial charge in [-0.2, -0.15) is 0 Å². The Hall–Kier alpha value is -13.4. The van der Waals surface area contributed by atoms with Gasteiger partial charge in [0.15, 0.2) is 0 Å². The lowest BCUT2D eigenvalue weighted by atomic mass is 9.67. The monoisotopic (exact) mass is 1680 g/mol. The molecule has 0 spiro atoms. The van der Waals surface area contributed by atoms with Crippen LogP contribution in [0, 0.1) is 0 Å². The van der Waals surface area contributed by atoms with Crippen LogP contribution in [0.15, 0.2) is 409 Å². The summed E-state index contributed by atoms with van der Waals surface area (Å²) in [7, 11) is 0. The molecule has 4 bridgehead atoms. The van der Waals surface area contributed by atoms with Gasteiger partial charge in [0.25, 0.3) is 0 Å². The first-order chi connectivity index (χ1) is 58.8. The minimum atomic E-state index is 0. The summed E-state index contributed by atoms with van der Waals surface area (Å²) in [6.07, 6.45) is 14.7. The molecule has 580 valence electrons. The topological polar surface area (TPSA) is 18.5 Å². The van der Waals surface area contributed by atoms with Gasteiger partial charge >= 0.3 is 0 Å². The van der Waals surface area contributed by atoms with Gasteiger partial charge in [-0.15, -0.1) is 0 Å². The highest BCUT2D eigenvalue weighted by Crippen LogP contribution is 2.56. The predicted octanol–water partition coefficient (Wildman–Crippen LogP) is 35.0. The maximum atomic E-state index is 3.56. The first kappa shape index (κ1) is 75.1. The lowest BCUT2D eigenvalue weighted by Gasteiger charge is -2.37. The number of para-hydroxylation sites is 3. The molecule has 1 N–H and O–H groups in total. The Morgan fingerprint density at radius 1 is 0.223 bits per heavy atom. The molecule has 4 atom stereocenters. The van der Waals surface area contributed by atoms with Crippen molar-refractivity contribution < 1.29 is 0 Å². The Morgan fingerprint density at radius 2 is 0.488 bits per heavy atom. The molecule has 0 aromatic heterocycles. The van der Waals surface area contributed by atoms with E-state index in [1.165, 1.54) is 190 Å². The lowest BCUT2D eigenvalue weighted by Crippen LogP contribution is -2.19. The normalized spacial score (nSPS) is 15.4. The summed E-state index contributed by atoms with van der Waals surface area (Å²) in [6, 6.07) is 138. The second-order valence-electron chi connectivity index (χ2n) is 32.6. The molecular weight excluding hydrogens is 1600 g/mol. The zero-order valence-corrected chi connectivity index (χ0v) is 68.6. The minimum absolute atomic E-state index is 0. The van der Waals surface area contributed by atoms with E-state index in [1.807, 2.05) is 6.07 Å². The van der Waals surface area contributed by atoms with E-state index in [1.54, 1.807) is 11.1 Å². The molecule has 6 aliphatic rings. The molecule has 5 heteroatoms. The van der Waals surface area contributed by atoms with Crippen LogP contribution in [0.25, 0.3) is 141 Å². The molecule has 0 aliphatic heterocycles. The standard InChI is InChI=1S/C68H46N2.C24H18Br2.C22H15N.2CH4/c1-3-13-53(14-4-1)69(61-41-31-51-19-17-45-9-7-11-47-29-37-59(61)67(51)63(45)47)55-33-25-43(26-34-55)57-39-40-58(66-50-23-21-49(22-24-50)65(57)66)44-27-35-56(36-28-44)70(54-15-5-2-6-16-54)62-42-32-52-20-18-46-10-8-12-48-30-38-60(62)68(52)64(46)48;25-19-9-5-15(6-10-19)21-13-14-22(16-7-11-20(26)12-8-16)24-18-2-1-17(3-4-18)23(21)24;1-2-7-18(8-3-1)23-20-14-12-17-10-9-15-5-4-6-16-11-13-19(20)22(17)21(15)16;;/h1-21,23,25-42,49-50H,22,24H2;1-2,5-14,17-18H,3-4H2;1-14,23H;2*1H4.